The first kappa shape index (κ1) is 28.2. The molecular weight excluding hydrogens is 494 g/mol. The normalized spacial score (nSPS) is 14.2. The Labute approximate surface area is 218 Å². The number of hydrogen-bond acceptors (Lipinski definition) is 7. The van der Waals surface area contributed by atoms with Crippen LogP contribution in [0.25, 0.3) is 10.9 Å². The Hall–Kier alpha value is -4.42. The maximum atomic E-state index is 13.1. The number of carbonyl (C=O) groups excluding carboxylic acids is 3. The Balaban J connectivity index is 1.71. The number of nitrogens with two attached hydrogens (primary N) is 1. The number of carboxylic acids is 1. The number of para-hydroxylation sites is 1. The molecule has 4 atom stereocenters. The van der Waals surface area contributed by atoms with Crippen molar-refractivity contribution in [2.75, 3.05) is 6.54 Å². The van der Waals surface area contributed by atoms with Crippen molar-refractivity contribution in [2.45, 2.75) is 44.0 Å². The third-order valence-corrected chi connectivity index (χ3v) is 5.95. The summed E-state index contributed by atoms with van der Waals surface area (Å²) in [7, 11) is 0. The van der Waals surface area contributed by atoms with Crippen molar-refractivity contribution >= 4 is 34.6 Å². The lowest BCUT2D eigenvalue weighted by atomic mass is 10.0. The molecule has 0 saturated heterocycles. The quantitative estimate of drug-likeness (QED) is 0.155. The van der Waals surface area contributed by atoms with E-state index in [0.29, 0.717) is 5.56 Å². The number of aromatic amines is 1. The summed E-state index contributed by atoms with van der Waals surface area (Å²) in [4.78, 5) is 52.5. The summed E-state index contributed by atoms with van der Waals surface area (Å²) in [5.74, 6) is -3.45. The molecule has 4 unspecified atom stereocenters. The molecule has 0 fully saturated rings. The number of carboxylic acid groups (broad SMARTS) is 1. The Bertz CT molecular complexity index is 1290. The second kappa shape index (κ2) is 12.7. The minimum Gasteiger partial charge on any atom is -0.508 e. The van der Waals surface area contributed by atoms with Crippen molar-refractivity contribution in [2.24, 2.45) is 5.73 Å². The van der Waals surface area contributed by atoms with Gasteiger partial charge in [0.25, 0.3) is 0 Å². The molecule has 0 aliphatic heterocycles. The molecule has 0 bridgehead atoms. The first-order valence-corrected chi connectivity index (χ1v) is 11.9. The van der Waals surface area contributed by atoms with Crippen molar-refractivity contribution in [3.63, 3.8) is 0 Å². The summed E-state index contributed by atoms with van der Waals surface area (Å²) in [6.45, 7) is 0.640. The minimum absolute atomic E-state index is 0.0781. The lowest BCUT2D eigenvalue weighted by Gasteiger charge is -2.21. The summed E-state index contributed by atoms with van der Waals surface area (Å²) in [5.41, 5.74) is 8.38. The highest BCUT2D eigenvalue weighted by Crippen LogP contribution is 2.19. The SMILES string of the molecule is CC(O)C(NC(=O)CNC(=O)C(Cc1c[nH]c2ccccc12)NC(=O)C(N)Cc1ccc(O)cc1)C(=O)O. The summed E-state index contributed by atoms with van der Waals surface area (Å²) in [5, 5.41) is 36.1. The minimum atomic E-state index is -1.54. The second-order valence-corrected chi connectivity index (χ2v) is 8.94. The fraction of sp³-hybridized carbons (Fsp3) is 0.308. The third-order valence-electron chi connectivity index (χ3n) is 5.95. The number of aliphatic carboxylic acids is 1. The summed E-state index contributed by atoms with van der Waals surface area (Å²) < 4.78 is 0. The van der Waals surface area contributed by atoms with Crippen LogP contribution in [0.2, 0.25) is 0 Å². The lowest BCUT2D eigenvalue weighted by Crippen LogP contribution is -2.55. The van der Waals surface area contributed by atoms with E-state index < -0.39 is 54.5 Å². The van der Waals surface area contributed by atoms with Gasteiger partial charge in [0.1, 0.15) is 11.8 Å². The number of aromatic nitrogens is 1. The van der Waals surface area contributed by atoms with Gasteiger partial charge in [0.2, 0.25) is 17.7 Å². The number of amides is 3. The van der Waals surface area contributed by atoms with Crippen LogP contribution in [0.5, 0.6) is 5.75 Å². The molecule has 3 aromatic rings. The van der Waals surface area contributed by atoms with E-state index in [2.05, 4.69) is 20.9 Å². The number of aliphatic hydroxyl groups excluding tert-OH is 1. The van der Waals surface area contributed by atoms with Gasteiger partial charge < -0.3 is 42.0 Å². The van der Waals surface area contributed by atoms with E-state index in [-0.39, 0.29) is 18.6 Å². The van der Waals surface area contributed by atoms with Crippen molar-refractivity contribution < 1.29 is 34.5 Å². The molecule has 3 amide bonds. The Morgan fingerprint density at radius 1 is 0.974 bits per heavy atom. The molecule has 1 heterocycles. The number of phenolic OH excluding ortho intramolecular Hbond substituents is 1. The van der Waals surface area contributed by atoms with Crippen LogP contribution in [0.4, 0.5) is 0 Å². The molecule has 0 aliphatic carbocycles. The molecule has 12 nitrogen and oxygen atoms in total. The fourth-order valence-corrected chi connectivity index (χ4v) is 3.89. The Morgan fingerprint density at radius 2 is 1.66 bits per heavy atom. The van der Waals surface area contributed by atoms with Gasteiger partial charge in [0.05, 0.1) is 18.7 Å². The van der Waals surface area contributed by atoms with Crippen molar-refractivity contribution in [3.05, 3.63) is 65.9 Å². The smallest absolute Gasteiger partial charge is 0.328 e. The predicted octanol–water partition coefficient (Wildman–Crippen LogP) is -0.463. The predicted molar refractivity (Wildman–Crippen MR) is 138 cm³/mol. The van der Waals surface area contributed by atoms with E-state index in [1.165, 1.54) is 19.1 Å². The maximum Gasteiger partial charge on any atom is 0.328 e. The largest absolute Gasteiger partial charge is 0.508 e. The number of H-pyrrole nitrogens is 1. The molecular formula is C26H31N5O7. The van der Waals surface area contributed by atoms with Gasteiger partial charge in [-0.05, 0) is 42.7 Å². The third kappa shape index (κ3) is 7.54. The second-order valence-electron chi connectivity index (χ2n) is 8.94. The van der Waals surface area contributed by atoms with E-state index in [9.17, 15) is 29.4 Å². The molecule has 0 radical (unpaired) electrons. The maximum absolute atomic E-state index is 13.1. The van der Waals surface area contributed by atoms with E-state index in [4.69, 9.17) is 10.8 Å². The number of hydrogen-bond donors (Lipinski definition) is 8. The summed E-state index contributed by atoms with van der Waals surface area (Å²) >= 11 is 0. The van der Waals surface area contributed by atoms with Crippen LogP contribution in [-0.4, -0.2) is 74.8 Å². The van der Waals surface area contributed by atoms with E-state index in [0.717, 1.165) is 16.5 Å². The van der Waals surface area contributed by atoms with Crippen LogP contribution in [0.1, 0.15) is 18.1 Å². The molecule has 9 N–H and O–H groups in total. The van der Waals surface area contributed by atoms with Crippen LogP contribution in [0.15, 0.2) is 54.7 Å². The number of phenols is 1. The van der Waals surface area contributed by atoms with E-state index in [1.54, 1.807) is 18.3 Å². The molecule has 2 aromatic carbocycles. The molecule has 3 rings (SSSR count). The zero-order chi connectivity index (χ0) is 27.8. The topological polar surface area (TPSA) is 207 Å². The van der Waals surface area contributed by atoms with Gasteiger partial charge in [-0.15, -0.1) is 0 Å². The molecule has 12 heteroatoms. The van der Waals surface area contributed by atoms with Crippen molar-refractivity contribution in [1.29, 1.82) is 0 Å². The van der Waals surface area contributed by atoms with E-state index in [1.807, 2.05) is 24.3 Å². The average Bonchev–Trinajstić information content (AvgIpc) is 3.29. The Morgan fingerprint density at radius 3 is 2.32 bits per heavy atom. The van der Waals surface area contributed by atoms with Crippen LogP contribution in [0, 0.1) is 0 Å². The number of rotatable bonds is 12. The number of aliphatic hydroxyl groups is 1. The van der Waals surface area contributed by atoms with Crippen LogP contribution < -0.4 is 21.7 Å². The van der Waals surface area contributed by atoms with Gasteiger partial charge in [-0.2, -0.15) is 0 Å². The standard InChI is InChI=1S/C26H31N5O7/c1-14(32)23(26(37)38)31-22(34)13-29-25(36)21(11-16-12-28-20-5-3-2-4-18(16)20)30-24(35)19(27)10-15-6-8-17(33)9-7-15/h2-9,12,14,19,21,23,28,32-33H,10-11,13,27H2,1H3,(H,29,36)(H,30,35)(H,31,34)(H,37,38). The summed E-state index contributed by atoms with van der Waals surface area (Å²) in [6, 6.07) is 10.0. The first-order chi connectivity index (χ1) is 18.0. The number of fused-ring (bicyclic) bond motifs is 1. The van der Waals surface area contributed by atoms with Gasteiger partial charge in [-0.3, -0.25) is 14.4 Å². The first-order valence-electron chi connectivity index (χ1n) is 11.9. The number of carbonyl (C=O) groups is 4. The average molecular weight is 526 g/mol. The highest BCUT2D eigenvalue weighted by molar-refractivity contribution is 5.93. The van der Waals surface area contributed by atoms with Crippen LogP contribution in [-0.2, 0) is 32.0 Å². The number of benzene rings is 2. The van der Waals surface area contributed by atoms with E-state index >= 15 is 0 Å². The van der Waals surface area contributed by atoms with Gasteiger partial charge in [0.15, 0.2) is 6.04 Å². The highest BCUT2D eigenvalue weighted by atomic mass is 16.4. The van der Waals surface area contributed by atoms with Gasteiger partial charge in [0, 0.05) is 23.5 Å². The Kier molecular flexibility index (Phi) is 9.41. The molecule has 0 saturated carbocycles. The van der Waals surface area contributed by atoms with Gasteiger partial charge in [-0.25, -0.2) is 4.79 Å². The number of aromatic hydroxyl groups is 1. The van der Waals surface area contributed by atoms with Crippen LogP contribution in [0.3, 0.4) is 0 Å². The van der Waals surface area contributed by atoms with Crippen LogP contribution >= 0.6 is 0 Å². The monoisotopic (exact) mass is 525 g/mol. The zero-order valence-electron chi connectivity index (χ0n) is 20.7. The molecule has 1 aromatic heterocycles. The van der Waals surface area contributed by atoms with Gasteiger partial charge >= 0.3 is 5.97 Å². The van der Waals surface area contributed by atoms with Gasteiger partial charge in [-0.1, -0.05) is 30.3 Å². The molecule has 0 aliphatic rings. The van der Waals surface area contributed by atoms with Crippen molar-refractivity contribution in [1.82, 2.24) is 20.9 Å². The molecule has 0 spiro atoms. The zero-order valence-corrected chi connectivity index (χ0v) is 20.7. The number of nitrogens with one attached hydrogen (secondary N) is 4. The lowest BCUT2D eigenvalue weighted by molar-refractivity contribution is -0.144. The molecule has 202 valence electrons. The molecule has 38 heavy (non-hydrogen) atoms. The summed E-state index contributed by atoms with van der Waals surface area (Å²) in [6.07, 6.45) is 0.614. The highest BCUT2D eigenvalue weighted by Gasteiger charge is 2.28. The fourth-order valence-electron chi connectivity index (χ4n) is 3.89. The van der Waals surface area contributed by atoms with Crippen molar-refractivity contribution in [3.8, 4) is 5.75 Å².